The first-order chi connectivity index (χ1) is 10.8. The van der Waals surface area contributed by atoms with Crippen molar-refractivity contribution in [3.05, 3.63) is 35.5 Å². The third kappa shape index (κ3) is 4.38. The zero-order valence-corrected chi connectivity index (χ0v) is 12.9. The smallest absolute Gasteiger partial charge is 0.447 e. The molecule has 0 aliphatic carbocycles. The molecule has 0 saturated heterocycles. The van der Waals surface area contributed by atoms with Crippen molar-refractivity contribution in [2.75, 3.05) is 14.2 Å². The maximum absolute atomic E-state index is 12.7. The van der Waals surface area contributed by atoms with Gasteiger partial charge in [0.25, 0.3) is 0 Å². The van der Waals surface area contributed by atoms with E-state index in [1.54, 1.807) is 24.3 Å². The Morgan fingerprint density at radius 1 is 1.26 bits per heavy atom. The van der Waals surface area contributed by atoms with Crippen LogP contribution in [0.2, 0.25) is 0 Å². The lowest BCUT2D eigenvalue weighted by atomic mass is 10.2. The Labute approximate surface area is 133 Å². The fraction of sp³-hybridized carbons (Fsp3) is 0.308. The molecule has 0 radical (unpaired) electrons. The molecule has 0 saturated carbocycles. The molecule has 124 valence electrons. The number of aromatic nitrogens is 3. The topological polar surface area (TPSA) is 66.2 Å². The minimum Gasteiger partial charge on any atom is -0.497 e. The number of esters is 1. The van der Waals surface area contributed by atoms with Gasteiger partial charge in [-0.15, -0.1) is 5.10 Å². The number of carbonyl (C=O) groups is 1. The van der Waals surface area contributed by atoms with Gasteiger partial charge in [-0.25, -0.2) is 9.48 Å². The van der Waals surface area contributed by atoms with Gasteiger partial charge in [-0.2, -0.15) is 13.2 Å². The molecule has 10 heteroatoms. The van der Waals surface area contributed by atoms with Crippen molar-refractivity contribution in [3.8, 4) is 5.75 Å². The first kappa shape index (κ1) is 17.1. The minimum absolute atomic E-state index is 0.0202. The third-order valence-electron chi connectivity index (χ3n) is 2.77. The Balaban J connectivity index is 2.33. The van der Waals surface area contributed by atoms with Crippen LogP contribution in [-0.4, -0.2) is 40.7 Å². The van der Waals surface area contributed by atoms with Gasteiger partial charge < -0.3 is 9.47 Å². The van der Waals surface area contributed by atoms with Crippen LogP contribution in [0.3, 0.4) is 0 Å². The first-order valence-electron chi connectivity index (χ1n) is 6.24. The van der Waals surface area contributed by atoms with Gasteiger partial charge in [0.2, 0.25) is 5.69 Å². The molecule has 0 N–H and O–H groups in total. The molecule has 1 aromatic carbocycles. The van der Waals surface area contributed by atoms with E-state index in [-0.39, 0.29) is 6.54 Å². The molecule has 23 heavy (non-hydrogen) atoms. The monoisotopic (exact) mass is 347 g/mol. The molecule has 6 nitrogen and oxygen atoms in total. The summed E-state index contributed by atoms with van der Waals surface area (Å²) >= 11 is -0.456. The van der Waals surface area contributed by atoms with E-state index in [2.05, 4.69) is 15.0 Å². The van der Waals surface area contributed by atoms with Crippen LogP contribution in [-0.2, 0) is 11.3 Å². The van der Waals surface area contributed by atoms with Crippen molar-refractivity contribution in [2.45, 2.75) is 17.1 Å². The number of benzene rings is 1. The van der Waals surface area contributed by atoms with E-state index in [4.69, 9.17) is 4.74 Å². The molecule has 0 aliphatic rings. The lowest BCUT2D eigenvalue weighted by Crippen LogP contribution is -2.10. The lowest BCUT2D eigenvalue weighted by molar-refractivity contribution is -0.0331. The van der Waals surface area contributed by atoms with E-state index >= 15 is 0 Å². The molecule has 0 amide bonds. The van der Waals surface area contributed by atoms with Crippen molar-refractivity contribution in [3.63, 3.8) is 0 Å². The second-order valence-electron chi connectivity index (χ2n) is 4.29. The summed E-state index contributed by atoms with van der Waals surface area (Å²) in [6.45, 7) is 0.0202. The molecule has 0 spiro atoms. The molecule has 0 fully saturated rings. The van der Waals surface area contributed by atoms with Crippen LogP contribution in [0.1, 0.15) is 16.1 Å². The summed E-state index contributed by atoms with van der Waals surface area (Å²) in [5, 5.41) is 6.70. The standard InChI is InChI=1S/C13H12F3N3O3S/c1-21-9-5-3-8(4-6-9)7-19-11(23-13(14,15)16)10(17-18-19)12(20)22-2/h3-6H,7H2,1-2H3. The highest BCUT2D eigenvalue weighted by Gasteiger charge is 2.35. The largest absolute Gasteiger partial charge is 0.497 e. The molecule has 2 rings (SSSR count). The first-order valence-corrected chi connectivity index (χ1v) is 7.06. The van der Waals surface area contributed by atoms with Gasteiger partial charge >= 0.3 is 11.5 Å². The Bertz CT molecular complexity index is 686. The predicted molar refractivity (Wildman–Crippen MR) is 75.4 cm³/mol. The number of alkyl halides is 3. The fourth-order valence-electron chi connectivity index (χ4n) is 1.75. The molecule has 0 aliphatic heterocycles. The van der Waals surface area contributed by atoms with Gasteiger partial charge in [0, 0.05) is 11.8 Å². The highest BCUT2D eigenvalue weighted by Crippen LogP contribution is 2.38. The Kier molecular flexibility index (Phi) is 5.14. The van der Waals surface area contributed by atoms with E-state index in [1.807, 2.05) is 0 Å². The average molecular weight is 347 g/mol. The maximum atomic E-state index is 12.7. The SMILES string of the molecule is COC(=O)c1nnn(Cc2ccc(OC)cc2)c1SC(F)(F)F. The molecule has 1 aromatic heterocycles. The number of hydrogen-bond donors (Lipinski definition) is 0. The van der Waals surface area contributed by atoms with Crippen LogP contribution in [0.4, 0.5) is 13.2 Å². The normalized spacial score (nSPS) is 11.3. The Hall–Kier alpha value is -2.23. The van der Waals surface area contributed by atoms with Gasteiger partial charge in [-0.3, -0.25) is 0 Å². The third-order valence-corrected chi connectivity index (χ3v) is 3.60. The summed E-state index contributed by atoms with van der Waals surface area (Å²) in [5.74, 6) is -0.356. The summed E-state index contributed by atoms with van der Waals surface area (Å²) < 4.78 is 48.6. The average Bonchev–Trinajstić information content (AvgIpc) is 2.88. The van der Waals surface area contributed by atoms with Crippen LogP contribution in [0.25, 0.3) is 0 Å². The fourth-order valence-corrected chi connectivity index (χ4v) is 2.39. The molecule has 2 aromatic rings. The number of rotatable bonds is 5. The van der Waals surface area contributed by atoms with Crippen LogP contribution in [0.5, 0.6) is 5.75 Å². The summed E-state index contributed by atoms with van der Waals surface area (Å²) in [4.78, 5) is 11.5. The van der Waals surface area contributed by atoms with E-state index < -0.39 is 34.0 Å². The van der Waals surface area contributed by atoms with Crippen LogP contribution >= 0.6 is 11.8 Å². The Morgan fingerprint density at radius 3 is 2.43 bits per heavy atom. The number of ether oxygens (including phenoxy) is 2. The number of methoxy groups -OCH3 is 2. The molecule has 1 heterocycles. The number of hydrogen-bond acceptors (Lipinski definition) is 6. The van der Waals surface area contributed by atoms with E-state index in [9.17, 15) is 18.0 Å². The van der Waals surface area contributed by atoms with Crippen LogP contribution < -0.4 is 4.74 Å². The number of carbonyl (C=O) groups excluding carboxylic acids is 1. The van der Waals surface area contributed by atoms with Crippen molar-refractivity contribution in [2.24, 2.45) is 0 Å². The number of nitrogens with zero attached hydrogens (tertiary/aromatic N) is 3. The molecular weight excluding hydrogens is 335 g/mol. The molecule has 0 atom stereocenters. The molecular formula is C13H12F3N3O3S. The number of halogens is 3. The summed E-state index contributed by atoms with van der Waals surface area (Å²) in [7, 11) is 2.57. The summed E-state index contributed by atoms with van der Waals surface area (Å²) in [6.07, 6.45) is 0. The zero-order chi connectivity index (χ0) is 17.0. The summed E-state index contributed by atoms with van der Waals surface area (Å²) in [5.41, 5.74) is -4.37. The lowest BCUT2D eigenvalue weighted by Gasteiger charge is -2.09. The van der Waals surface area contributed by atoms with Crippen LogP contribution in [0, 0.1) is 0 Å². The second kappa shape index (κ2) is 6.90. The van der Waals surface area contributed by atoms with E-state index in [0.29, 0.717) is 11.3 Å². The van der Waals surface area contributed by atoms with E-state index in [1.165, 1.54) is 7.11 Å². The van der Waals surface area contributed by atoms with Crippen molar-refractivity contribution < 1.29 is 27.4 Å². The predicted octanol–water partition coefficient (Wildman–Crippen LogP) is 2.73. The van der Waals surface area contributed by atoms with Gasteiger partial charge in [0.15, 0.2) is 0 Å². The van der Waals surface area contributed by atoms with E-state index in [0.717, 1.165) is 11.8 Å². The highest BCUT2D eigenvalue weighted by atomic mass is 32.2. The van der Waals surface area contributed by atoms with Crippen molar-refractivity contribution in [1.29, 1.82) is 0 Å². The second-order valence-corrected chi connectivity index (χ2v) is 5.34. The van der Waals surface area contributed by atoms with Crippen molar-refractivity contribution >= 4 is 17.7 Å². The maximum Gasteiger partial charge on any atom is 0.447 e. The minimum atomic E-state index is -4.58. The quantitative estimate of drug-likeness (QED) is 0.612. The van der Waals surface area contributed by atoms with Gasteiger partial charge in [0.1, 0.15) is 10.8 Å². The van der Waals surface area contributed by atoms with Gasteiger partial charge in [-0.1, -0.05) is 17.3 Å². The van der Waals surface area contributed by atoms with Gasteiger partial charge in [-0.05, 0) is 17.7 Å². The number of thioether (sulfide) groups is 1. The van der Waals surface area contributed by atoms with Gasteiger partial charge in [0.05, 0.1) is 20.8 Å². The Morgan fingerprint density at radius 2 is 1.91 bits per heavy atom. The summed E-state index contributed by atoms with van der Waals surface area (Å²) in [6, 6.07) is 6.70. The van der Waals surface area contributed by atoms with Crippen LogP contribution in [0.15, 0.2) is 29.3 Å². The van der Waals surface area contributed by atoms with Crippen molar-refractivity contribution in [1.82, 2.24) is 15.0 Å². The zero-order valence-electron chi connectivity index (χ0n) is 12.1. The molecule has 0 bridgehead atoms. The highest BCUT2D eigenvalue weighted by molar-refractivity contribution is 8.00. The molecule has 0 unspecified atom stereocenters.